The lowest BCUT2D eigenvalue weighted by atomic mass is 9.69. The molecule has 2 atom stereocenters. The predicted molar refractivity (Wildman–Crippen MR) is 101 cm³/mol. The van der Waals surface area contributed by atoms with Crippen LogP contribution in [0.25, 0.3) is 0 Å². The molecule has 4 rings (SSSR count). The lowest BCUT2D eigenvalue weighted by Gasteiger charge is -2.45. The van der Waals surface area contributed by atoms with Gasteiger partial charge in [-0.2, -0.15) is 0 Å². The van der Waals surface area contributed by atoms with Crippen LogP contribution >= 0.6 is 11.8 Å². The molecule has 132 valence electrons. The molecule has 3 nitrogen and oxygen atoms in total. The van der Waals surface area contributed by atoms with E-state index in [0.717, 1.165) is 51.3 Å². The highest BCUT2D eigenvalue weighted by atomic mass is 32.2. The van der Waals surface area contributed by atoms with Crippen LogP contribution in [0.5, 0.6) is 0 Å². The Balaban J connectivity index is 1.60. The number of nitrogens with zero attached hydrogens (tertiary/aromatic N) is 1. The molecule has 0 amide bonds. The van der Waals surface area contributed by atoms with Crippen molar-refractivity contribution in [1.82, 2.24) is 10.2 Å². The van der Waals surface area contributed by atoms with Gasteiger partial charge in [-0.25, -0.2) is 0 Å². The maximum atomic E-state index is 11.6. The molecule has 0 spiro atoms. The summed E-state index contributed by atoms with van der Waals surface area (Å²) in [6.07, 6.45) is 5.66. The lowest BCUT2D eigenvalue weighted by molar-refractivity contribution is -0.0676. The molecule has 0 bridgehead atoms. The largest absolute Gasteiger partial charge is 0.390 e. The average Bonchev–Trinajstić information content (AvgIpc) is 3.05. The second-order valence-electron chi connectivity index (χ2n) is 7.78. The van der Waals surface area contributed by atoms with E-state index in [1.54, 1.807) is 0 Å². The second kappa shape index (κ2) is 7.36. The maximum absolute atomic E-state index is 11.6. The number of benzene rings is 1. The minimum atomic E-state index is -0.466. The van der Waals surface area contributed by atoms with E-state index in [1.165, 1.54) is 29.7 Å². The van der Waals surface area contributed by atoms with Crippen LogP contribution in [0.15, 0.2) is 29.2 Å². The van der Waals surface area contributed by atoms with Crippen LogP contribution in [0.3, 0.4) is 0 Å². The third kappa shape index (κ3) is 3.39. The molecule has 0 radical (unpaired) electrons. The molecule has 1 saturated carbocycles. The number of rotatable bonds is 4. The molecule has 1 aromatic rings. The fourth-order valence-corrected chi connectivity index (χ4v) is 6.23. The maximum Gasteiger partial charge on any atom is 0.0694 e. The SMILES string of the molecule is OC1(C(CN2CCNCC2)C2CSc3ccccc32)CCCCC1. The molecule has 1 aromatic carbocycles. The molecule has 1 aliphatic carbocycles. The summed E-state index contributed by atoms with van der Waals surface area (Å²) in [5.41, 5.74) is 1.02. The highest BCUT2D eigenvalue weighted by Crippen LogP contribution is 2.49. The molecule has 2 heterocycles. The summed E-state index contributed by atoms with van der Waals surface area (Å²) in [6.45, 7) is 5.46. The van der Waals surface area contributed by atoms with Crippen molar-refractivity contribution in [3.05, 3.63) is 29.8 Å². The average molecular weight is 347 g/mol. The normalized spacial score (nSPS) is 28.5. The molecular formula is C20H30N2OS. The number of aliphatic hydroxyl groups is 1. The Morgan fingerprint density at radius 1 is 1.17 bits per heavy atom. The van der Waals surface area contributed by atoms with Crippen LogP contribution in [-0.4, -0.2) is 54.1 Å². The minimum absolute atomic E-state index is 0.368. The van der Waals surface area contributed by atoms with Gasteiger partial charge in [0.05, 0.1) is 5.60 Å². The molecule has 2 N–H and O–H groups in total. The van der Waals surface area contributed by atoms with Gasteiger partial charge in [0.1, 0.15) is 0 Å². The highest BCUT2D eigenvalue weighted by molar-refractivity contribution is 7.99. The first kappa shape index (κ1) is 16.9. The van der Waals surface area contributed by atoms with Crippen LogP contribution in [0.4, 0.5) is 0 Å². The van der Waals surface area contributed by atoms with Crippen molar-refractivity contribution < 1.29 is 5.11 Å². The molecule has 2 aliphatic heterocycles. The van der Waals surface area contributed by atoms with Crippen molar-refractivity contribution in [2.45, 2.75) is 48.5 Å². The smallest absolute Gasteiger partial charge is 0.0694 e. The first-order valence-corrected chi connectivity index (χ1v) is 10.6. The molecule has 2 fully saturated rings. The number of nitrogens with one attached hydrogen (secondary N) is 1. The highest BCUT2D eigenvalue weighted by Gasteiger charge is 2.45. The predicted octanol–water partition coefficient (Wildman–Crippen LogP) is 3.09. The van der Waals surface area contributed by atoms with E-state index in [2.05, 4.69) is 34.5 Å². The summed E-state index contributed by atoms with van der Waals surface area (Å²) in [5.74, 6) is 2.01. The topological polar surface area (TPSA) is 35.5 Å². The Kier molecular flexibility index (Phi) is 5.18. The molecular weight excluding hydrogens is 316 g/mol. The number of hydrogen-bond donors (Lipinski definition) is 2. The third-order valence-electron chi connectivity index (χ3n) is 6.30. The van der Waals surface area contributed by atoms with E-state index >= 15 is 0 Å². The van der Waals surface area contributed by atoms with Gasteiger partial charge < -0.3 is 15.3 Å². The van der Waals surface area contributed by atoms with E-state index < -0.39 is 5.60 Å². The van der Waals surface area contributed by atoms with Gasteiger partial charge in [-0.15, -0.1) is 11.8 Å². The third-order valence-corrected chi connectivity index (χ3v) is 7.51. The molecule has 4 heteroatoms. The molecule has 24 heavy (non-hydrogen) atoms. The van der Waals surface area contributed by atoms with Gasteiger partial charge in [0, 0.05) is 55.2 Å². The Labute approximate surface area is 150 Å². The van der Waals surface area contributed by atoms with Crippen molar-refractivity contribution >= 4 is 11.8 Å². The van der Waals surface area contributed by atoms with Crippen LogP contribution in [0, 0.1) is 5.92 Å². The van der Waals surface area contributed by atoms with Gasteiger partial charge in [-0.1, -0.05) is 37.5 Å². The first-order chi connectivity index (χ1) is 11.8. The number of fused-ring (bicyclic) bond motifs is 1. The van der Waals surface area contributed by atoms with E-state index in [-0.39, 0.29) is 0 Å². The second-order valence-corrected chi connectivity index (χ2v) is 8.84. The van der Waals surface area contributed by atoms with E-state index in [4.69, 9.17) is 0 Å². The van der Waals surface area contributed by atoms with Crippen LogP contribution in [0.2, 0.25) is 0 Å². The Hall–Kier alpha value is -0.550. The fraction of sp³-hybridized carbons (Fsp3) is 0.700. The zero-order valence-electron chi connectivity index (χ0n) is 14.5. The van der Waals surface area contributed by atoms with Gasteiger partial charge in [-0.3, -0.25) is 0 Å². The van der Waals surface area contributed by atoms with Crippen LogP contribution in [0.1, 0.15) is 43.6 Å². The molecule has 3 aliphatic rings. The van der Waals surface area contributed by atoms with Gasteiger partial charge in [-0.05, 0) is 24.5 Å². The minimum Gasteiger partial charge on any atom is -0.390 e. The number of hydrogen-bond acceptors (Lipinski definition) is 4. The first-order valence-electron chi connectivity index (χ1n) is 9.63. The van der Waals surface area contributed by atoms with Gasteiger partial charge in [0.2, 0.25) is 0 Å². The van der Waals surface area contributed by atoms with Gasteiger partial charge in [0.15, 0.2) is 0 Å². The fourth-order valence-electron chi connectivity index (χ4n) is 4.90. The van der Waals surface area contributed by atoms with Crippen molar-refractivity contribution in [2.75, 3.05) is 38.5 Å². The molecule has 0 aromatic heterocycles. The van der Waals surface area contributed by atoms with Crippen molar-refractivity contribution in [3.8, 4) is 0 Å². The molecule has 2 unspecified atom stereocenters. The van der Waals surface area contributed by atoms with Crippen molar-refractivity contribution in [3.63, 3.8) is 0 Å². The zero-order valence-corrected chi connectivity index (χ0v) is 15.4. The Bertz CT molecular complexity index is 552. The van der Waals surface area contributed by atoms with Crippen molar-refractivity contribution in [2.24, 2.45) is 5.92 Å². The van der Waals surface area contributed by atoms with E-state index in [1.807, 2.05) is 11.8 Å². The Morgan fingerprint density at radius 3 is 2.71 bits per heavy atom. The summed E-state index contributed by atoms with van der Waals surface area (Å²) in [4.78, 5) is 4.02. The molecule has 1 saturated heterocycles. The zero-order chi connectivity index (χ0) is 16.4. The number of piperazine rings is 1. The number of thioether (sulfide) groups is 1. The van der Waals surface area contributed by atoms with Crippen LogP contribution in [-0.2, 0) is 0 Å². The summed E-state index contributed by atoms with van der Waals surface area (Å²) >= 11 is 1.99. The summed E-state index contributed by atoms with van der Waals surface area (Å²) in [6, 6.07) is 8.88. The standard InChI is InChI=1S/C20H30N2OS/c23-20(8-4-1-5-9-20)18(14-22-12-10-21-11-13-22)17-15-24-19-7-3-2-6-16(17)19/h2-3,6-7,17-18,21,23H,1,4-5,8-15H2. The summed E-state index contributed by atoms with van der Waals surface area (Å²) in [7, 11) is 0. The quantitative estimate of drug-likeness (QED) is 0.878. The Morgan fingerprint density at radius 2 is 1.92 bits per heavy atom. The monoisotopic (exact) mass is 346 g/mol. The van der Waals surface area contributed by atoms with Crippen molar-refractivity contribution in [1.29, 1.82) is 0 Å². The van der Waals surface area contributed by atoms with Crippen LogP contribution < -0.4 is 5.32 Å². The van der Waals surface area contributed by atoms with E-state index in [0.29, 0.717) is 11.8 Å². The summed E-state index contributed by atoms with van der Waals surface area (Å²) < 4.78 is 0. The summed E-state index contributed by atoms with van der Waals surface area (Å²) in [5, 5.41) is 15.1. The van der Waals surface area contributed by atoms with E-state index in [9.17, 15) is 5.11 Å². The van der Waals surface area contributed by atoms with Gasteiger partial charge >= 0.3 is 0 Å². The van der Waals surface area contributed by atoms with Gasteiger partial charge in [0.25, 0.3) is 0 Å². The lowest BCUT2D eigenvalue weighted by Crippen LogP contribution is -2.52.